The second-order valence-electron chi connectivity index (χ2n) is 7.62. The highest BCUT2D eigenvalue weighted by molar-refractivity contribution is 6.26. The van der Waals surface area contributed by atoms with Crippen LogP contribution in [0, 0.1) is 5.41 Å². The molecule has 4 heteroatoms. The average molecular weight is 348 g/mol. The molecule has 0 saturated heterocycles. The van der Waals surface area contributed by atoms with Crippen LogP contribution in [0.15, 0.2) is 58.7 Å². The Bertz CT molecular complexity index is 1040. The van der Waals surface area contributed by atoms with Crippen molar-refractivity contribution in [2.45, 2.75) is 26.7 Å². The molecule has 0 atom stereocenters. The van der Waals surface area contributed by atoms with Crippen LogP contribution in [0.2, 0.25) is 0 Å². The number of aliphatic hydroxyl groups is 1. The fourth-order valence-electron chi connectivity index (χ4n) is 3.70. The van der Waals surface area contributed by atoms with Crippen molar-refractivity contribution < 1.29 is 19.4 Å². The van der Waals surface area contributed by atoms with Crippen molar-refractivity contribution >= 4 is 22.3 Å². The lowest BCUT2D eigenvalue weighted by molar-refractivity contribution is -0.116. The van der Waals surface area contributed by atoms with Gasteiger partial charge < -0.3 is 14.6 Å². The van der Waals surface area contributed by atoms with Gasteiger partial charge in [-0.15, -0.1) is 0 Å². The van der Waals surface area contributed by atoms with Crippen LogP contribution < -0.4 is 0 Å². The molecule has 3 aromatic rings. The second-order valence-corrected chi connectivity index (χ2v) is 7.62. The Kier molecular flexibility index (Phi) is 3.65. The molecule has 26 heavy (non-hydrogen) atoms. The molecule has 2 aromatic carbocycles. The largest absolute Gasteiger partial charge is 0.512 e. The van der Waals surface area contributed by atoms with E-state index in [2.05, 4.69) is 0 Å². The molecule has 4 nitrogen and oxygen atoms in total. The van der Waals surface area contributed by atoms with E-state index in [9.17, 15) is 15.0 Å². The zero-order chi connectivity index (χ0) is 18.5. The Balaban J connectivity index is 2.04. The number of furan rings is 1. The fraction of sp³-hybridized carbons (Fsp3) is 0.227. The second kappa shape index (κ2) is 5.77. The summed E-state index contributed by atoms with van der Waals surface area (Å²) in [5.41, 5.74) is 1.96. The molecule has 1 aliphatic rings. The predicted octanol–water partition coefficient (Wildman–Crippen LogP) is 5.46. The molecule has 0 aliphatic heterocycles. The number of ketones is 1. The molecule has 1 heterocycles. The Hall–Kier alpha value is -3.01. The zero-order valence-electron chi connectivity index (χ0n) is 14.7. The first kappa shape index (κ1) is 16.5. The SMILES string of the molecule is CC1(C)CC(=O)C(c2c(-c3ccccc3)oc3cc(O)ccc23)=C(O)C1. The van der Waals surface area contributed by atoms with E-state index in [-0.39, 0.29) is 22.7 Å². The van der Waals surface area contributed by atoms with Crippen LogP contribution >= 0.6 is 0 Å². The first-order chi connectivity index (χ1) is 12.4. The predicted molar refractivity (Wildman–Crippen MR) is 101 cm³/mol. The van der Waals surface area contributed by atoms with E-state index in [0.717, 1.165) is 5.56 Å². The van der Waals surface area contributed by atoms with Crippen LogP contribution in [-0.2, 0) is 4.79 Å². The minimum absolute atomic E-state index is 0.0896. The van der Waals surface area contributed by atoms with Crippen LogP contribution in [0.1, 0.15) is 32.3 Å². The molecular formula is C22H20O4. The van der Waals surface area contributed by atoms with E-state index in [4.69, 9.17) is 4.42 Å². The van der Waals surface area contributed by atoms with Crippen LogP contribution in [-0.4, -0.2) is 16.0 Å². The van der Waals surface area contributed by atoms with Gasteiger partial charge >= 0.3 is 0 Å². The smallest absolute Gasteiger partial charge is 0.167 e. The summed E-state index contributed by atoms with van der Waals surface area (Å²) in [7, 11) is 0. The monoisotopic (exact) mass is 348 g/mol. The first-order valence-corrected chi connectivity index (χ1v) is 8.62. The van der Waals surface area contributed by atoms with Crippen LogP contribution in [0.3, 0.4) is 0 Å². The van der Waals surface area contributed by atoms with Gasteiger partial charge in [0.2, 0.25) is 0 Å². The number of benzene rings is 2. The van der Waals surface area contributed by atoms with Gasteiger partial charge in [-0.3, -0.25) is 4.79 Å². The zero-order valence-corrected chi connectivity index (χ0v) is 14.7. The molecule has 0 bridgehead atoms. The topological polar surface area (TPSA) is 70.7 Å². The number of carbonyl (C=O) groups is 1. The lowest BCUT2D eigenvalue weighted by atomic mass is 9.74. The lowest BCUT2D eigenvalue weighted by Gasteiger charge is -2.29. The highest BCUT2D eigenvalue weighted by Gasteiger charge is 2.36. The van der Waals surface area contributed by atoms with E-state index in [1.807, 2.05) is 44.2 Å². The van der Waals surface area contributed by atoms with E-state index in [1.54, 1.807) is 12.1 Å². The molecule has 0 amide bonds. The van der Waals surface area contributed by atoms with Gasteiger partial charge in [0.05, 0.1) is 5.57 Å². The molecule has 0 unspecified atom stereocenters. The number of phenolic OH excluding ortho intramolecular Hbond substituents is 1. The van der Waals surface area contributed by atoms with Gasteiger partial charge in [0.15, 0.2) is 5.78 Å². The molecule has 1 aromatic heterocycles. The maximum Gasteiger partial charge on any atom is 0.167 e. The highest BCUT2D eigenvalue weighted by atomic mass is 16.3. The number of carbonyl (C=O) groups excluding carboxylic acids is 1. The van der Waals surface area contributed by atoms with Gasteiger partial charge in [-0.25, -0.2) is 0 Å². The number of rotatable bonds is 2. The molecule has 2 N–H and O–H groups in total. The number of hydrogen-bond acceptors (Lipinski definition) is 4. The van der Waals surface area contributed by atoms with Crippen molar-refractivity contribution in [2.24, 2.45) is 5.41 Å². The lowest BCUT2D eigenvalue weighted by Crippen LogP contribution is -2.25. The van der Waals surface area contributed by atoms with Crippen LogP contribution in [0.5, 0.6) is 5.75 Å². The van der Waals surface area contributed by atoms with Gasteiger partial charge in [0, 0.05) is 35.4 Å². The number of Topliss-reactive ketones (excluding diaryl/α,β-unsaturated/α-hetero) is 1. The maximum atomic E-state index is 12.9. The third-order valence-corrected chi connectivity index (χ3v) is 4.81. The minimum Gasteiger partial charge on any atom is -0.512 e. The van der Waals surface area contributed by atoms with Crippen molar-refractivity contribution in [3.63, 3.8) is 0 Å². The molecule has 0 spiro atoms. The number of hydrogen-bond donors (Lipinski definition) is 2. The molecular weight excluding hydrogens is 328 g/mol. The Labute approximate surface area is 151 Å². The number of allylic oxidation sites excluding steroid dienone is 2. The van der Waals surface area contributed by atoms with E-state index in [0.29, 0.717) is 40.7 Å². The molecule has 1 aliphatic carbocycles. The summed E-state index contributed by atoms with van der Waals surface area (Å²) in [5.74, 6) is 0.624. The van der Waals surface area contributed by atoms with Crippen molar-refractivity contribution in [2.75, 3.05) is 0 Å². The van der Waals surface area contributed by atoms with E-state index in [1.165, 1.54) is 6.07 Å². The summed E-state index contributed by atoms with van der Waals surface area (Å²) in [6, 6.07) is 14.3. The van der Waals surface area contributed by atoms with E-state index >= 15 is 0 Å². The van der Waals surface area contributed by atoms with Crippen molar-refractivity contribution in [3.8, 4) is 17.1 Å². The quantitative estimate of drug-likeness (QED) is 0.645. The third-order valence-electron chi connectivity index (χ3n) is 4.81. The summed E-state index contributed by atoms with van der Waals surface area (Å²) < 4.78 is 6.01. The number of aromatic hydroxyl groups is 1. The normalized spacial score (nSPS) is 17.1. The summed E-state index contributed by atoms with van der Waals surface area (Å²) in [5, 5.41) is 21.2. The van der Waals surface area contributed by atoms with Crippen LogP contribution in [0.4, 0.5) is 0 Å². The highest BCUT2D eigenvalue weighted by Crippen LogP contribution is 2.45. The molecule has 0 fully saturated rings. The van der Waals surface area contributed by atoms with Gasteiger partial charge in [-0.1, -0.05) is 44.2 Å². The maximum absolute atomic E-state index is 12.9. The molecule has 4 rings (SSSR count). The summed E-state index contributed by atoms with van der Waals surface area (Å²) in [6.45, 7) is 3.95. The fourth-order valence-corrected chi connectivity index (χ4v) is 3.70. The molecule has 132 valence electrons. The van der Waals surface area contributed by atoms with Crippen molar-refractivity contribution in [3.05, 3.63) is 59.9 Å². The van der Waals surface area contributed by atoms with Crippen molar-refractivity contribution in [1.82, 2.24) is 0 Å². The number of fused-ring (bicyclic) bond motifs is 1. The minimum atomic E-state index is -0.268. The third kappa shape index (κ3) is 2.68. The van der Waals surface area contributed by atoms with Gasteiger partial charge in [-0.05, 0) is 17.5 Å². The summed E-state index contributed by atoms with van der Waals surface area (Å²) >= 11 is 0. The Morgan fingerprint density at radius 1 is 1.00 bits per heavy atom. The Morgan fingerprint density at radius 2 is 1.73 bits per heavy atom. The number of phenols is 1. The number of aliphatic hydroxyl groups excluding tert-OH is 1. The Morgan fingerprint density at radius 3 is 2.42 bits per heavy atom. The van der Waals surface area contributed by atoms with Crippen molar-refractivity contribution in [1.29, 1.82) is 0 Å². The van der Waals surface area contributed by atoms with Gasteiger partial charge in [0.25, 0.3) is 0 Å². The molecule has 0 radical (unpaired) electrons. The summed E-state index contributed by atoms with van der Waals surface area (Å²) in [6.07, 6.45) is 0.804. The van der Waals surface area contributed by atoms with E-state index < -0.39 is 0 Å². The standard InChI is InChI=1S/C22H20O4/c1-22(2)11-16(24)20(17(25)12-22)19-15-9-8-14(23)10-18(15)26-21(19)13-6-4-3-5-7-13/h3-10,23-24H,11-12H2,1-2H3. The summed E-state index contributed by atoms with van der Waals surface area (Å²) in [4.78, 5) is 12.9. The first-order valence-electron chi connectivity index (χ1n) is 8.62. The van der Waals surface area contributed by atoms with Gasteiger partial charge in [0.1, 0.15) is 22.9 Å². The van der Waals surface area contributed by atoms with Crippen LogP contribution in [0.25, 0.3) is 27.9 Å². The van der Waals surface area contributed by atoms with Gasteiger partial charge in [-0.2, -0.15) is 0 Å². The molecule has 0 saturated carbocycles. The average Bonchev–Trinajstić information content (AvgIpc) is 2.92.